The van der Waals surface area contributed by atoms with E-state index in [1.54, 1.807) is 0 Å². The van der Waals surface area contributed by atoms with Gasteiger partial charge in [-0.05, 0) is 34.4 Å². The van der Waals surface area contributed by atoms with Crippen LogP contribution >= 0.6 is 11.3 Å². The lowest BCUT2D eigenvalue weighted by Crippen LogP contribution is -2.04. The molecule has 0 aliphatic heterocycles. The van der Waals surface area contributed by atoms with Crippen molar-refractivity contribution in [1.29, 1.82) is 0 Å². The molecule has 3 heterocycles. The van der Waals surface area contributed by atoms with Gasteiger partial charge in [0.2, 0.25) is 0 Å². The van der Waals surface area contributed by atoms with Crippen LogP contribution < -0.4 is 0 Å². The molecule has 0 atom stereocenters. The van der Waals surface area contributed by atoms with E-state index in [-0.39, 0.29) is 0 Å². The van der Waals surface area contributed by atoms with Crippen molar-refractivity contribution in [2.45, 2.75) is 0 Å². The Bertz CT molecular complexity index is 2770. The van der Waals surface area contributed by atoms with Crippen LogP contribution in [0.5, 0.6) is 0 Å². The van der Waals surface area contributed by atoms with E-state index in [2.05, 4.69) is 144 Å². The third kappa shape index (κ3) is 3.20. The number of hydrogen-bond donors (Lipinski definition) is 0. The van der Waals surface area contributed by atoms with Crippen LogP contribution in [0.3, 0.4) is 0 Å². The van der Waals surface area contributed by atoms with E-state index in [1.165, 1.54) is 47.2 Å². The molecule has 3 nitrogen and oxygen atoms in total. The highest BCUT2D eigenvalue weighted by Crippen LogP contribution is 2.48. The summed E-state index contributed by atoms with van der Waals surface area (Å²) < 4.78 is 4.95. The summed E-state index contributed by atoms with van der Waals surface area (Å²) >= 11 is 1.87. The summed E-state index contributed by atoms with van der Waals surface area (Å²) in [6, 6.07) is 49.6. The SMILES string of the molecule is c1ccc(-c2nc3c(ccc4ccccc43)nc2-n2c3ccccc3c3c4ccccc4c4c5ccccc5sc4c32)cc1. The summed E-state index contributed by atoms with van der Waals surface area (Å²) in [5.74, 6) is 0.846. The Kier molecular flexibility index (Phi) is 4.87. The van der Waals surface area contributed by atoms with Crippen LogP contribution in [0.4, 0.5) is 0 Å². The number of aromatic nitrogens is 3. The summed E-state index contributed by atoms with van der Waals surface area (Å²) in [6.45, 7) is 0. The summed E-state index contributed by atoms with van der Waals surface area (Å²) in [6.07, 6.45) is 0. The highest BCUT2D eigenvalue weighted by molar-refractivity contribution is 7.27. The van der Waals surface area contributed by atoms with E-state index in [4.69, 9.17) is 9.97 Å². The minimum atomic E-state index is 0.846. The molecule has 0 aliphatic rings. The second-order valence-electron chi connectivity index (χ2n) is 11.3. The van der Waals surface area contributed by atoms with Crippen molar-refractivity contribution in [3.05, 3.63) is 140 Å². The maximum atomic E-state index is 5.49. The van der Waals surface area contributed by atoms with E-state index < -0.39 is 0 Å². The van der Waals surface area contributed by atoms with Gasteiger partial charge >= 0.3 is 0 Å². The van der Waals surface area contributed by atoms with Gasteiger partial charge in [0.25, 0.3) is 0 Å². The lowest BCUT2D eigenvalue weighted by molar-refractivity contribution is 1.09. The van der Waals surface area contributed by atoms with Crippen LogP contribution in [0.1, 0.15) is 0 Å². The Morgan fingerprint density at radius 3 is 2.00 bits per heavy atom. The van der Waals surface area contributed by atoms with Gasteiger partial charge in [-0.1, -0.05) is 121 Å². The van der Waals surface area contributed by atoms with Gasteiger partial charge < -0.3 is 0 Å². The van der Waals surface area contributed by atoms with Crippen molar-refractivity contribution >= 4 is 85.9 Å². The number of para-hydroxylation sites is 1. The zero-order chi connectivity index (χ0) is 28.8. The molecule has 0 radical (unpaired) electrons. The second kappa shape index (κ2) is 8.96. The Morgan fingerprint density at radius 1 is 0.500 bits per heavy atom. The molecule has 4 heteroatoms. The van der Waals surface area contributed by atoms with Gasteiger partial charge in [-0.15, -0.1) is 11.3 Å². The second-order valence-corrected chi connectivity index (χ2v) is 12.4. The summed E-state index contributed by atoms with van der Waals surface area (Å²) in [5.41, 5.74) is 6.04. The average Bonchev–Trinajstić information content (AvgIpc) is 3.65. The smallest absolute Gasteiger partial charge is 0.165 e. The number of hydrogen-bond acceptors (Lipinski definition) is 3. The van der Waals surface area contributed by atoms with Gasteiger partial charge in [0, 0.05) is 37.2 Å². The van der Waals surface area contributed by atoms with Crippen LogP contribution in [-0.2, 0) is 0 Å². The zero-order valence-electron chi connectivity index (χ0n) is 23.5. The highest BCUT2D eigenvalue weighted by Gasteiger charge is 2.24. The Hall–Kier alpha value is -5.58. The number of thiophene rings is 1. The average molecular weight is 578 g/mol. The highest BCUT2D eigenvalue weighted by atomic mass is 32.1. The largest absolute Gasteiger partial charge is 0.290 e. The van der Waals surface area contributed by atoms with Gasteiger partial charge in [-0.25, -0.2) is 9.97 Å². The quantitative estimate of drug-likeness (QED) is 0.191. The van der Waals surface area contributed by atoms with E-state index in [1.807, 2.05) is 11.3 Å². The van der Waals surface area contributed by atoms with Crippen LogP contribution in [0.2, 0.25) is 0 Å². The number of nitrogens with zero attached hydrogens (tertiary/aromatic N) is 3. The van der Waals surface area contributed by atoms with Crippen LogP contribution in [0.15, 0.2) is 140 Å². The van der Waals surface area contributed by atoms with Crippen LogP contribution in [0, 0.1) is 0 Å². The van der Waals surface area contributed by atoms with E-state index in [0.29, 0.717) is 0 Å². The van der Waals surface area contributed by atoms with Crippen LogP contribution in [0.25, 0.3) is 91.6 Å². The minimum Gasteiger partial charge on any atom is -0.290 e. The van der Waals surface area contributed by atoms with E-state index in [0.717, 1.165) is 44.4 Å². The van der Waals surface area contributed by atoms with E-state index >= 15 is 0 Å². The molecule has 0 fully saturated rings. The predicted octanol–water partition coefficient (Wildman–Crippen LogP) is 11.1. The summed E-state index contributed by atoms with van der Waals surface area (Å²) in [7, 11) is 0. The zero-order valence-corrected chi connectivity index (χ0v) is 24.3. The molecule has 0 saturated heterocycles. The molecule has 3 aromatic heterocycles. The first-order valence-electron chi connectivity index (χ1n) is 14.9. The van der Waals surface area contributed by atoms with Crippen molar-refractivity contribution in [2.75, 3.05) is 0 Å². The van der Waals surface area contributed by atoms with Crippen LogP contribution in [-0.4, -0.2) is 14.5 Å². The number of rotatable bonds is 2. The Balaban J connectivity index is 1.48. The predicted molar refractivity (Wildman–Crippen MR) is 187 cm³/mol. The van der Waals surface area contributed by atoms with Crippen molar-refractivity contribution in [3.63, 3.8) is 0 Å². The van der Waals surface area contributed by atoms with Crippen molar-refractivity contribution in [3.8, 4) is 17.1 Å². The van der Waals surface area contributed by atoms with Gasteiger partial charge in [-0.3, -0.25) is 4.57 Å². The molecule has 0 saturated carbocycles. The normalized spacial score (nSPS) is 12.1. The monoisotopic (exact) mass is 577 g/mol. The lowest BCUT2D eigenvalue weighted by Gasteiger charge is -2.15. The first-order valence-corrected chi connectivity index (χ1v) is 15.7. The molecular weight excluding hydrogens is 555 g/mol. The molecule has 0 amide bonds. The number of fused-ring (bicyclic) bond motifs is 13. The molecule has 0 spiro atoms. The van der Waals surface area contributed by atoms with Crippen molar-refractivity contribution in [2.24, 2.45) is 0 Å². The third-order valence-corrected chi connectivity index (χ3v) is 10.1. The third-order valence-electron chi connectivity index (χ3n) is 8.95. The summed E-state index contributed by atoms with van der Waals surface area (Å²) in [5, 5.41) is 9.90. The maximum Gasteiger partial charge on any atom is 0.165 e. The molecule has 0 aliphatic carbocycles. The van der Waals surface area contributed by atoms with Gasteiger partial charge in [0.05, 0.1) is 26.8 Å². The Morgan fingerprint density at radius 2 is 1.16 bits per heavy atom. The fourth-order valence-electron chi connectivity index (χ4n) is 7.07. The minimum absolute atomic E-state index is 0.846. The van der Waals surface area contributed by atoms with Gasteiger partial charge in [0.1, 0.15) is 5.69 Å². The first kappa shape index (κ1) is 23.9. The van der Waals surface area contributed by atoms with Gasteiger partial charge in [-0.2, -0.15) is 0 Å². The fourth-order valence-corrected chi connectivity index (χ4v) is 8.33. The molecule has 0 N–H and O–H groups in total. The summed E-state index contributed by atoms with van der Waals surface area (Å²) in [4.78, 5) is 10.9. The molecule has 10 aromatic rings. The molecule has 44 heavy (non-hydrogen) atoms. The van der Waals surface area contributed by atoms with Crippen molar-refractivity contribution in [1.82, 2.24) is 14.5 Å². The molecule has 204 valence electrons. The van der Waals surface area contributed by atoms with E-state index in [9.17, 15) is 0 Å². The number of benzene rings is 7. The lowest BCUT2D eigenvalue weighted by atomic mass is 9.99. The molecular formula is C40H23N3S. The molecule has 10 rings (SSSR count). The Labute approximate surface area is 256 Å². The fraction of sp³-hybridized carbons (Fsp3) is 0. The van der Waals surface area contributed by atoms with Crippen molar-refractivity contribution < 1.29 is 0 Å². The van der Waals surface area contributed by atoms with Gasteiger partial charge in [0.15, 0.2) is 5.82 Å². The molecule has 0 unspecified atom stereocenters. The molecule has 7 aromatic carbocycles. The topological polar surface area (TPSA) is 30.7 Å². The maximum absolute atomic E-state index is 5.49. The molecule has 0 bridgehead atoms. The first-order chi connectivity index (χ1) is 21.8. The standard InChI is InChI=1S/C40H23N3S/c1-2-13-25(14-3-1)36-40(41-31-23-22-24-12-4-5-15-26(24)37(31)42-36)43-32-20-10-8-18-29(32)34-27-16-6-7-17-28(27)35-30-19-9-11-21-33(30)44-39(35)38(34)43/h1-23H.